The van der Waals surface area contributed by atoms with Gasteiger partial charge in [0.15, 0.2) is 0 Å². The lowest BCUT2D eigenvalue weighted by atomic mass is 9.77. The summed E-state index contributed by atoms with van der Waals surface area (Å²) in [4.78, 5) is 3.71. The van der Waals surface area contributed by atoms with Crippen LogP contribution in [0.1, 0.15) is 50.7 Å². The molecule has 17 heavy (non-hydrogen) atoms. The van der Waals surface area contributed by atoms with Crippen LogP contribution in [-0.2, 0) is 0 Å². The fraction of sp³-hybridized carbons (Fsp3) is 0.643. The fourth-order valence-corrected chi connectivity index (χ4v) is 2.79. The molecule has 1 saturated carbocycles. The van der Waals surface area contributed by atoms with Crippen molar-refractivity contribution in [3.05, 3.63) is 29.8 Å². The molecule has 1 heterocycles. The molecule has 0 aliphatic heterocycles. The van der Waals surface area contributed by atoms with Gasteiger partial charge >= 0.3 is 0 Å². The van der Waals surface area contributed by atoms with Crippen molar-refractivity contribution in [2.45, 2.75) is 45.1 Å². The van der Waals surface area contributed by atoms with Crippen molar-refractivity contribution < 1.29 is 9.50 Å². The molecule has 94 valence electrons. The van der Waals surface area contributed by atoms with Crippen LogP contribution in [0.15, 0.2) is 18.5 Å². The lowest BCUT2D eigenvalue weighted by molar-refractivity contribution is 0.0699. The minimum absolute atomic E-state index is 0.203. The minimum atomic E-state index is -0.671. The predicted octanol–water partition coefficient (Wildman–Crippen LogP) is 3.47. The third kappa shape index (κ3) is 2.83. The van der Waals surface area contributed by atoms with E-state index in [-0.39, 0.29) is 5.92 Å². The Kier molecular flexibility index (Phi) is 4.11. The molecule has 1 N–H and O–H groups in total. The Morgan fingerprint density at radius 1 is 1.41 bits per heavy atom. The number of hydrogen-bond acceptors (Lipinski definition) is 2. The summed E-state index contributed by atoms with van der Waals surface area (Å²) in [5.74, 6) is 0.605. The second-order valence-electron chi connectivity index (χ2n) is 5.03. The average molecular weight is 237 g/mol. The number of nitrogens with zero attached hydrogens (tertiary/aromatic N) is 1. The van der Waals surface area contributed by atoms with E-state index >= 15 is 0 Å². The molecule has 2 nitrogen and oxygen atoms in total. The summed E-state index contributed by atoms with van der Waals surface area (Å²) >= 11 is 0. The van der Waals surface area contributed by atoms with E-state index in [0.29, 0.717) is 5.56 Å². The standard InChI is InChI=1S/C14H20FNO/c1-2-10-3-5-11(6-4-10)14(17)12-7-8-16-9-13(12)15/h7-11,14,17H,2-6H2,1H3. The molecule has 3 heteroatoms. The summed E-state index contributed by atoms with van der Waals surface area (Å²) in [5.41, 5.74) is 0.403. The van der Waals surface area contributed by atoms with Crippen LogP contribution in [0, 0.1) is 17.7 Å². The zero-order valence-corrected chi connectivity index (χ0v) is 10.3. The number of aliphatic hydroxyl groups excluding tert-OH is 1. The van der Waals surface area contributed by atoms with E-state index in [1.165, 1.54) is 12.6 Å². The molecular weight excluding hydrogens is 217 g/mol. The third-order valence-electron chi connectivity index (χ3n) is 4.04. The van der Waals surface area contributed by atoms with Crippen molar-refractivity contribution in [2.75, 3.05) is 0 Å². The molecule has 1 aliphatic rings. The summed E-state index contributed by atoms with van der Waals surface area (Å²) in [7, 11) is 0. The van der Waals surface area contributed by atoms with Crippen LogP contribution >= 0.6 is 0 Å². The lowest BCUT2D eigenvalue weighted by Crippen LogP contribution is -2.21. The van der Waals surface area contributed by atoms with E-state index < -0.39 is 11.9 Å². The van der Waals surface area contributed by atoms with Gasteiger partial charge in [0.05, 0.1) is 12.3 Å². The van der Waals surface area contributed by atoms with Crippen molar-refractivity contribution in [1.82, 2.24) is 4.98 Å². The largest absolute Gasteiger partial charge is 0.388 e. The van der Waals surface area contributed by atoms with Gasteiger partial charge in [0.2, 0.25) is 0 Å². The van der Waals surface area contributed by atoms with E-state index in [4.69, 9.17) is 0 Å². The smallest absolute Gasteiger partial charge is 0.147 e. The van der Waals surface area contributed by atoms with Gasteiger partial charge < -0.3 is 5.11 Å². The molecule has 1 atom stereocenters. The predicted molar refractivity (Wildman–Crippen MR) is 64.9 cm³/mol. The van der Waals surface area contributed by atoms with Crippen molar-refractivity contribution >= 4 is 0 Å². The summed E-state index contributed by atoms with van der Waals surface area (Å²) in [6.45, 7) is 2.21. The first-order chi connectivity index (χ1) is 8.22. The highest BCUT2D eigenvalue weighted by atomic mass is 19.1. The second-order valence-corrected chi connectivity index (χ2v) is 5.03. The minimum Gasteiger partial charge on any atom is -0.388 e. The van der Waals surface area contributed by atoms with E-state index in [1.54, 1.807) is 12.3 Å². The van der Waals surface area contributed by atoms with E-state index in [9.17, 15) is 9.50 Å². The maximum atomic E-state index is 13.5. The second kappa shape index (κ2) is 5.58. The van der Waals surface area contributed by atoms with Gasteiger partial charge in [-0.2, -0.15) is 0 Å². The number of pyridine rings is 1. The number of rotatable bonds is 3. The van der Waals surface area contributed by atoms with Gasteiger partial charge in [-0.15, -0.1) is 0 Å². The zero-order valence-electron chi connectivity index (χ0n) is 10.3. The van der Waals surface area contributed by atoms with Crippen molar-refractivity contribution in [3.8, 4) is 0 Å². The summed E-state index contributed by atoms with van der Waals surface area (Å²) in [6.07, 6.45) is 7.58. The molecule has 1 aromatic heterocycles. The molecule has 0 amide bonds. The van der Waals surface area contributed by atoms with Crippen molar-refractivity contribution in [2.24, 2.45) is 11.8 Å². The number of aromatic nitrogens is 1. The van der Waals surface area contributed by atoms with Crippen LogP contribution < -0.4 is 0 Å². The molecule has 0 bridgehead atoms. The molecule has 1 unspecified atom stereocenters. The topological polar surface area (TPSA) is 33.1 Å². The Hall–Kier alpha value is -0.960. The molecule has 1 aliphatic carbocycles. The molecule has 1 aromatic rings. The van der Waals surface area contributed by atoms with Crippen molar-refractivity contribution in [3.63, 3.8) is 0 Å². The third-order valence-corrected chi connectivity index (χ3v) is 4.04. The molecular formula is C14H20FNO. The average Bonchev–Trinajstić information content (AvgIpc) is 2.39. The normalized spacial score (nSPS) is 26.8. The summed E-state index contributed by atoms with van der Waals surface area (Å²) < 4.78 is 13.5. The van der Waals surface area contributed by atoms with Gasteiger partial charge in [0.25, 0.3) is 0 Å². The van der Waals surface area contributed by atoms with E-state index in [2.05, 4.69) is 11.9 Å². The maximum Gasteiger partial charge on any atom is 0.147 e. The molecule has 0 aromatic carbocycles. The Morgan fingerprint density at radius 2 is 2.12 bits per heavy atom. The van der Waals surface area contributed by atoms with Gasteiger partial charge in [-0.1, -0.05) is 26.2 Å². The lowest BCUT2D eigenvalue weighted by Gasteiger charge is -2.31. The highest BCUT2D eigenvalue weighted by Gasteiger charge is 2.28. The van der Waals surface area contributed by atoms with Crippen LogP contribution in [0.3, 0.4) is 0 Å². The molecule has 0 radical (unpaired) electrons. The first-order valence-corrected chi connectivity index (χ1v) is 6.49. The Morgan fingerprint density at radius 3 is 2.71 bits per heavy atom. The number of aliphatic hydroxyl groups is 1. The summed E-state index contributed by atoms with van der Waals surface area (Å²) in [5, 5.41) is 10.2. The highest BCUT2D eigenvalue weighted by Crippen LogP contribution is 2.38. The molecule has 0 spiro atoms. The molecule has 1 fully saturated rings. The first-order valence-electron chi connectivity index (χ1n) is 6.49. The van der Waals surface area contributed by atoms with Crippen LogP contribution in [0.2, 0.25) is 0 Å². The molecule has 2 rings (SSSR count). The maximum absolute atomic E-state index is 13.5. The van der Waals surface area contributed by atoms with Gasteiger partial charge in [-0.25, -0.2) is 4.39 Å². The fourth-order valence-electron chi connectivity index (χ4n) is 2.79. The van der Waals surface area contributed by atoms with E-state index in [1.807, 2.05) is 0 Å². The number of hydrogen-bond donors (Lipinski definition) is 1. The first kappa shape index (κ1) is 12.5. The monoisotopic (exact) mass is 237 g/mol. The highest BCUT2D eigenvalue weighted by molar-refractivity contribution is 5.16. The van der Waals surface area contributed by atoms with Gasteiger partial charge in [0.1, 0.15) is 5.82 Å². The Balaban J connectivity index is 2.02. The number of halogens is 1. The quantitative estimate of drug-likeness (QED) is 0.873. The SMILES string of the molecule is CCC1CCC(C(O)c2ccncc2F)CC1. The Labute approximate surface area is 102 Å². The van der Waals surface area contributed by atoms with Crippen LogP contribution in [-0.4, -0.2) is 10.1 Å². The molecule has 0 saturated heterocycles. The van der Waals surface area contributed by atoms with Gasteiger partial charge in [-0.05, 0) is 30.7 Å². The van der Waals surface area contributed by atoms with Crippen LogP contribution in [0.5, 0.6) is 0 Å². The Bertz CT molecular complexity index is 361. The zero-order chi connectivity index (χ0) is 12.3. The van der Waals surface area contributed by atoms with Crippen molar-refractivity contribution in [1.29, 1.82) is 0 Å². The van der Waals surface area contributed by atoms with Gasteiger partial charge in [-0.3, -0.25) is 4.98 Å². The van der Waals surface area contributed by atoms with Gasteiger partial charge in [0, 0.05) is 11.8 Å². The van der Waals surface area contributed by atoms with Crippen LogP contribution in [0.25, 0.3) is 0 Å². The summed E-state index contributed by atoms with van der Waals surface area (Å²) in [6, 6.07) is 1.59. The van der Waals surface area contributed by atoms with Crippen LogP contribution in [0.4, 0.5) is 4.39 Å². The van der Waals surface area contributed by atoms with E-state index in [0.717, 1.165) is 31.6 Å².